The quantitative estimate of drug-likeness (QED) is 0.485. The Morgan fingerprint density at radius 1 is 0.879 bits per heavy atom. The zero-order valence-electron chi connectivity index (χ0n) is 19.2. The highest BCUT2D eigenvalue weighted by atomic mass is 16.2. The molecule has 0 aromatic carbocycles. The molecule has 1 atom stereocenters. The molecule has 1 saturated heterocycles. The molecule has 8 nitrogen and oxygen atoms in total. The predicted octanol–water partition coefficient (Wildman–Crippen LogP) is 2.44. The Bertz CT molecular complexity index is 1350. The molecule has 1 aliphatic rings. The lowest BCUT2D eigenvalue weighted by Gasteiger charge is -2.40. The maximum atomic E-state index is 13.0. The Kier molecular flexibility index (Phi) is 5.36. The second kappa shape index (κ2) is 8.35. The normalized spacial score (nSPS) is 16.6. The number of amides is 2. The van der Waals surface area contributed by atoms with Crippen molar-refractivity contribution in [2.45, 2.75) is 39.7 Å². The van der Waals surface area contributed by atoms with Crippen molar-refractivity contribution in [2.24, 2.45) is 0 Å². The standard InChI is InChI=1S/C25H28N6O2/c1-17-6-4-8-29-15-20(26-24(17)29)12-22(32)28-10-11-31(19(3)14-28)23(33)13-21-16-30-9-5-7-18(2)25(30)27-21/h4-9,15-16,19H,10-14H2,1-3H3/t19-/m0/s1. The predicted molar refractivity (Wildman–Crippen MR) is 125 cm³/mol. The largest absolute Gasteiger partial charge is 0.339 e. The van der Waals surface area contributed by atoms with Crippen LogP contribution in [0.25, 0.3) is 11.3 Å². The van der Waals surface area contributed by atoms with Gasteiger partial charge in [-0.2, -0.15) is 0 Å². The number of hydrogen-bond acceptors (Lipinski definition) is 4. The van der Waals surface area contributed by atoms with Gasteiger partial charge in [0.1, 0.15) is 11.3 Å². The number of fused-ring (bicyclic) bond motifs is 2. The van der Waals surface area contributed by atoms with Crippen LogP contribution in [0.2, 0.25) is 0 Å². The summed E-state index contributed by atoms with van der Waals surface area (Å²) in [6.45, 7) is 7.62. The molecule has 0 radical (unpaired) electrons. The van der Waals surface area contributed by atoms with E-state index in [1.807, 2.05) is 88.4 Å². The van der Waals surface area contributed by atoms with Crippen LogP contribution in [-0.4, -0.2) is 66.1 Å². The third kappa shape index (κ3) is 4.08. The summed E-state index contributed by atoms with van der Waals surface area (Å²) in [5, 5.41) is 0. The van der Waals surface area contributed by atoms with Crippen molar-refractivity contribution in [3.63, 3.8) is 0 Å². The van der Waals surface area contributed by atoms with Crippen molar-refractivity contribution in [3.05, 3.63) is 71.6 Å². The van der Waals surface area contributed by atoms with Crippen LogP contribution in [0.3, 0.4) is 0 Å². The summed E-state index contributed by atoms with van der Waals surface area (Å²) < 4.78 is 3.91. The molecule has 0 unspecified atom stereocenters. The minimum Gasteiger partial charge on any atom is -0.339 e. The van der Waals surface area contributed by atoms with E-state index in [0.717, 1.165) is 33.8 Å². The van der Waals surface area contributed by atoms with Crippen LogP contribution in [0.5, 0.6) is 0 Å². The fraction of sp³-hybridized carbons (Fsp3) is 0.360. The highest BCUT2D eigenvalue weighted by Crippen LogP contribution is 2.16. The van der Waals surface area contributed by atoms with Crippen LogP contribution in [0.1, 0.15) is 29.4 Å². The molecule has 2 amide bonds. The van der Waals surface area contributed by atoms with E-state index in [2.05, 4.69) is 9.97 Å². The van der Waals surface area contributed by atoms with Gasteiger partial charge in [-0.05, 0) is 44.0 Å². The van der Waals surface area contributed by atoms with Crippen molar-refractivity contribution in [1.29, 1.82) is 0 Å². The number of carbonyl (C=O) groups excluding carboxylic acids is 2. The van der Waals surface area contributed by atoms with Gasteiger partial charge < -0.3 is 18.6 Å². The molecule has 0 N–H and O–H groups in total. The molecule has 0 aliphatic carbocycles. The maximum absolute atomic E-state index is 13.0. The highest BCUT2D eigenvalue weighted by Gasteiger charge is 2.30. The summed E-state index contributed by atoms with van der Waals surface area (Å²) in [5.41, 5.74) is 5.46. The van der Waals surface area contributed by atoms with E-state index in [9.17, 15) is 9.59 Å². The summed E-state index contributed by atoms with van der Waals surface area (Å²) in [5.74, 6) is 0.0947. The molecular weight excluding hydrogens is 416 g/mol. The molecule has 170 valence electrons. The fourth-order valence-corrected chi connectivity index (χ4v) is 4.66. The molecule has 0 bridgehead atoms. The molecule has 1 aliphatic heterocycles. The lowest BCUT2D eigenvalue weighted by Crippen LogP contribution is -2.56. The molecule has 1 fully saturated rings. The number of imidazole rings is 2. The number of piperazine rings is 1. The number of pyridine rings is 2. The van der Waals surface area contributed by atoms with Crippen molar-refractivity contribution in [3.8, 4) is 0 Å². The summed E-state index contributed by atoms with van der Waals surface area (Å²) in [4.78, 5) is 38.9. The second-order valence-electron chi connectivity index (χ2n) is 8.94. The van der Waals surface area contributed by atoms with E-state index >= 15 is 0 Å². The summed E-state index contributed by atoms with van der Waals surface area (Å²) in [6, 6.07) is 7.93. The molecule has 0 spiro atoms. The molecule has 4 aromatic rings. The highest BCUT2D eigenvalue weighted by molar-refractivity contribution is 5.81. The van der Waals surface area contributed by atoms with Gasteiger partial charge in [0.05, 0.1) is 24.2 Å². The van der Waals surface area contributed by atoms with Gasteiger partial charge in [-0.1, -0.05) is 12.1 Å². The first kappa shape index (κ1) is 21.2. The number of hydrogen-bond donors (Lipinski definition) is 0. The van der Waals surface area contributed by atoms with Gasteiger partial charge in [-0.25, -0.2) is 9.97 Å². The smallest absolute Gasteiger partial charge is 0.229 e. The third-order valence-corrected chi connectivity index (χ3v) is 6.42. The Hall–Kier alpha value is -3.68. The first-order valence-corrected chi connectivity index (χ1v) is 11.3. The first-order valence-electron chi connectivity index (χ1n) is 11.3. The van der Waals surface area contributed by atoms with Crippen LogP contribution >= 0.6 is 0 Å². The van der Waals surface area contributed by atoms with Crippen LogP contribution in [-0.2, 0) is 22.4 Å². The zero-order valence-corrected chi connectivity index (χ0v) is 19.2. The van der Waals surface area contributed by atoms with E-state index in [0.29, 0.717) is 19.6 Å². The van der Waals surface area contributed by atoms with Gasteiger partial charge in [-0.3, -0.25) is 9.59 Å². The molecule has 5 heterocycles. The number of aryl methyl sites for hydroxylation is 2. The van der Waals surface area contributed by atoms with Gasteiger partial charge in [-0.15, -0.1) is 0 Å². The van der Waals surface area contributed by atoms with Gasteiger partial charge in [0.2, 0.25) is 11.8 Å². The fourth-order valence-electron chi connectivity index (χ4n) is 4.66. The Labute approximate surface area is 192 Å². The van der Waals surface area contributed by atoms with E-state index in [1.54, 1.807) is 0 Å². The second-order valence-corrected chi connectivity index (χ2v) is 8.94. The Morgan fingerprint density at radius 3 is 1.94 bits per heavy atom. The van der Waals surface area contributed by atoms with Gasteiger partial charge in [0.25, 0.3) is 0 Å². The first-order chi connectivity index (χ1) is 15.9. The van der Waals surface area contributed by atoms with Crippen LogP contribution in [0.15, 0.2) is 49.1 Å². The lowest BCUT2D eigenvalue weighted by molar-refractivity contribution is -0.141. The summed E-state index contributed by atoms with van der Waals surface area (Å²) in [7, 11) is 0. The van der Waals surface area contributed by atoms with Crippen molar-refractivity contribution in [2.75, 3.05) is 19.6 Å². The number of nitrogens with zero attached hydrogens (tertiary/aromatic N) is 6. The monoisotopic (exact) mass is 444 g/mol. The van der Waals surface area contributed by atoms with E-state index in [1.165, 1.54) is 0 Å². The summed E-state index contributed by atoms with van der Waals surface area (Å²) >= 11 is 0. The summed E-state index contributed by atoms with van der Waals surface area (Å²) in [6.07, 6.45) is 8.25. The van der Waals surface area contributed by atoms with E-state index in [4.69, 9.17) is 0 Å². The minimum absolute atomic E-state index is 0.0442. The molecule has 8 heteroatoms. The zero-order chi connectivity index (χ0) is 23.1. The molecule has 5 rings (SSSR count). The van der Waals surface area contributed by atoms with Crippen LogP contribution in [0.4, 0.5) is 0 Å². The average molecular weight is 445 g/mol. The lowest BCUT2D eigenvalue weighted by atomic mass is 10.1. The topological polar surface area (TPSA) is 75.2 Å². The Balaban J connectivity index is 1.21. The van der Waals surface area contributed by atoms with E-state index < -0.39 is 0 Å². The van der Waals surface area contributed by atoms with Crippen molar-refractivity contribution < 1.29 is 9.59 Å². The molecule has 0 saturated carbocycles. The molecule has 4 aromatic heterocycles. The molecule has 33 heavy (non-hydrogen) atoms. The van der Waals surface area contributed by atoms with Gasteiger partial charge in [0, 0.05) is 50.5 Å². The number of aromatic nitrogens is 4. The van der Waals surface area contributed by atoms with Crippen molar-refractivity contribution >= 4 is 23.1 Å². The number of rotatable bonds is 4. The SMILES string of the molecule is Cc1cccn2cc(CC(=O)N3CCN(C(=O)Cc4cn5cccc(C)c5n4)[C@@H](C)C3)nc12. The number of carbonyl (C=O) groups is 2. The third-order valence-electron chi connectivity index (χ3n) is 6.42. The molecular formula is C25H28N6O2. The minimum atomic E-state index is -0.0442. The van der Waals surface area contributed by atoms with Gasteiger partial charge in [0.15, 0.2) is 0 Å². The van der Waals surface area contributed by atoms with Gasteiger partial charge >= 0.3 is 0 Å². The Morgan fingerprint density at radius 2 is 1.42 bits per heavy atom. The maximum Gasteiger partial charge on any atom is 0.229 e. The van der Waals surface area contributed by atoms with Crippen LogP contribution in [0, 0.1) is 13.8 Å². The average Bonchev–Trinajstić information content (AvgIpc) is 3.38. The van der Waals surface area contributed by atoms with Crippen LogP contribution < -0.4 is 0 Å². The van der Waals surface area contributed by atoms with E-state index in [-0.39, 0.29) is 30.7 Å². The van der Waals surface area contributed by atoms with Crippen molar-refractivity contribution in [1.82, 2.24) is 28.6 Å².